The van der Waals surface area contributed by atoms with E-state index in [4.69, 9.17) is 5.11 Å². The maximum Gasteiger partial charge on any atom is 0.200 e. The van der Waals surface area contributed by atoms with Crippen LogP contribution < -0.4 is 0 Å². The molecule has 1 rings (SSSR count). The van der Waals surface area contributed by atoms with Crippen LogP contribution in [0.4, 0.5) is 22.0 Å². The van der Waals surface area contributed by atoms with Crippen LogP contribution in [0.2, 0.25) is 0 Å². The van der Waals surface area contributed by atoms with Gasteiger partial charge in [-0.15, -0.1) is 0 Å². The van der Waals surface area contributed by atoms with Crippen molar-refractivity contribution in [3.8, 4) is 0 Å². The summed E-state index contributed by atoms with van der Waals surface area (Å²) in [4.78, 5) is 0. The topological polar surface area (TPSA) is 20.2 Å². The second kappa shape index (κ2) is 3.57. The second-order valence-corrected chi connectivity index (χ2v) is 2.43. The van der Waals surface area contributed by atoms with Crippen LogP contribution >= 0.6 is 0 Å². The Balaban J connectivity index is 3.60. The van der Waals surface area contributed by atoms with Crippen molar-refractivity contribution < 1.29 is 27.1 Å². The fourth-order valence-electron chi connectivity index (χ4n) is 0.882. The molecule has 7 heteroatoms. The van der Waals surface area contributed by atoms with Crippen molar-refractivity contribution in [2.45, 2.75) is 6.00 Å². The van der Waals surface area contributed by atoms with Crippen LogP contribution in [-0.4, -0.2) is 13.0 Å². The summed E-state index contributed by atoms with van der Waals surface area (Å²) in [6.07, 6.45) is 0. The molecule has 1 aromatic rings. The van der Waals surface area contributed by atoms with Gasteiger partial charge in [0.05, 0.1) is 0 Å². The summed E-state index contributed by atoms with van der Waals surface area (Å²) in [7, 11) is 4.62. The maximum atomic E-state index is 12.7. The summed E-state index contributed by atoms with van der Waals surface area (Å²) in [6, 6.07) is -2.26. The van der Waals surface area contributed by atoms with Crippen molar-refractivity contribution in [3.05, 3.63) is 34.6 Å². The van der Waals surface area contributed by atoms with Crippen molar-refractivity contribution >= 4 is 7.85 Å². The molecule has 0 heterocycles. The van der Waals surface area contributed by atoms with Crippen LogP contribution in [0.1, 0.15) is 11.6 Å². The molecule has 0 bridgehead atoms. The zero-order chi connectivity index (χ0) is 11.0. The van der Waals surface area contributed by atoms with Gasteiger partial charge in [-0.2, -0.15) is 0 Å². The minimum atomic E-state index is -2.29. The highest BCUT2D eigenvalue weighted by Gasteiger charge is 2.27. The first-order chi connectivity index (χ1) is 6.37. The predicted octanol–water partition coefficient (Wildman–Crippen LogP) is 1.54. The number of halogens is 5. The van der Waals surface area contributed by atoms with E-state index in [0.29, 0.717) is 0 Å². The van der Waals surface area contributed by atoms with Crippen LogP contribution in [0.15, 0.2) is 0 Å². The average molecular weight is 208 g/mol. The third-order valence-electron chi connectivity index (χ3n) is 1.54. The number of hydrogen-bond acceptors (Lipinski definition) is 1. The van der Waals surface area contributed by atoms with Crippen molar-refractivity contribution in [2.75, 3.05) is 0 Å². The lowest BCUT2D eigenvalue weighted by Gasteiger charge is -2.09. The molecular formula is C7H2BF5O. The smallest absolute Gasteiger partial charge is 0.200 e. The summed E-state index contributed by atoms with van der Waals surface area (Å²) in [6.45, 7) is 0. The summed E-state index contributed by atoms with van der Waals surface area (Å²) in [5.74, 6) is -10.8. The molecule has 1 nitrogen and oxygen atoms in total. The molecule has 0 saturated carbocycles. The Labute approximate surface area is 76.6 Å². The highest BCUT2D eigenvalue weighted by Crippen LogP contribution is 2.26. The fourth-order valence-corrected chi connectivity index (χ4v) is 0.882. The van der Waals surface area contributed by atoms with Gasteiger partial charge in [-0.3, -0.25) is 0 Å². The standard InChI is InChI=1S/C7H2BF5O/c8-7(14)1-2(9)4(11)6(13)5(12)3(1)10/h7,14H. The molecule has 14 heavy (non-hydrogen) atoms. The molecule has 1 N–H and O–H groups in total. The molecule has 0 aliphatic heterocycles. The van der Waals surface area contributed by atoms with Gasteiger partial charge in [-0.25, -0.2) is 22.0 Å². The summed E-state index contributed by atoms with van der Waals surface area (Å²) in [5.41, 5.74) is -1.44. The quantitative estimate of drug-likeness (QED) is 0.321. The highest BCUT2D eigenvalue weighted by molar-refractivity contribution is 6.11. The fraction of sp³-hybridized carbons (Fsp3) is 0.143. The Morgan fingerprint density at radius 3 is 1.36 bits per heavy atom. The van der Waals surface area contributed by atoms with Gasteiger partial charge < -0.3 is 5.11 Å². The number of aliphatic hydroxyl groups excluding tert-OH is 1. The lowest BCUT2D eigenvalue weighted by Crippen LogP contribution is -2.11. The van der Waals surface area contributed by atoms with Crippen LogP contribution in [0.25, 0.3) is 0 Å². The maximum absolute atomic E-state index is 12.7. The molecule has 0 spiro atoms. The zero-order valence-electron chi connectivity index (χ0n) is 6.49. The number of benzene rings is 1. The number of aliphatic hydroxyl groups is 1. The van der Waals surface area contributed by atoms with Gasteiger partial charge >= 0.3 is 0 Å². The monoisotopic (exact) mass is 208 g/mol. The SMILES string of the molecule is [B]C(O)c1c(F)c(F)c(F)c(F)c1F. The third kappa shape index (κ3) is 1.47. The Morgan fingerprint density at radius 1 is 0.786 bits per heavy atom. The Hall–Kier alpha value is -1.11. The Morgan fingerprint density at radius 2 is 1.07 bits per heavy atom. The Bertz CT molecular complexity index is 350. The molecule has 2 radical (unpaired) electrons. The minimum absolute atomic E-state index is 1.44. The lowest BCUT2D eigenvalue weighted by molar-refractivity contribution is 0.241. The third-order valence-corrected chi connectivity index (χ3v) is 1.54. The molecule has 1 unspecified atom stereocenters. The van der Waals surface area contributed by atoms with E-state index in [0.717, 1.165) is 0 Å². The molecule has 0 fully saturated rings. The molecule has 0 aromatic heterocycles. The average Bonchev–Trinajstić information content (AvgIpc) is 2.11. The molecule has 74 valence electrons. The minimum Gasteiger partial charge on any atom is -0.398 e. The lowest BCUT2D eigenvalue weighted by atomic mass is 9.91. The van der Waals surface area contributed by atoms with Gasteiger partial charge in [-0.1, -0.05) is 0 Å². The van der Waals surface area contributed by atoms with Crippen LogP contribution in [0.5, 0.6) is 0 Å². The molecule has 0 aliphatic carbocycles. The van der Waals surface area contributed by atoms with Gasteiger partial charge in [0.2, 0.25) is 5.82 Å². The first-order valence-corrected chi connectivity index (χ1v) is 3.33. The summed E-state index contributed by atoms with van der Waals surface area (Å²) < 4.78 is 62.7. The Kier molecular flexibility index (Phi) is 2.80. The zero-order valence-corrected chi connectivity index (χ0v) is 6.49. The normalized spacial score (nSPS) is 13.0. The molecule has 1 atom stereocenters. The van der Waals surface area contributed by atoms with Crippen molar-refractivity contribution in [1.82, 2.24) is 0 Å². The van der Waals surface area contributed by atoms with E-state index in [1.807, 2.05) is 0 Å². The van der Waals surface area contributed by atoms with E-state index < -0.39 is 40.7 Å². The van der Waals surface area contributed by atoms with Gasteiger partial charge in [0.25, 0.3) is 0 Å². The van der Waals surface area contributed by atoms with E-state index in [9.17, 15) is 22.0 Å². The van der Waals surface area contributed by atoms with Crippen molar-refractivity contribution in [3.63, 3.8) is 0 Å². The number of rotatable bonds is 1. The molecule has 0 aliphatic rings. The predicted molar refractivity (Wildman–Crippen MR) is 36.9 cm³/mol. The van der Waals surface area contributed by atoms with E-state index in [-0.39, 0.29) is 0 Å². The molecular weight excluding hydrogens is 206 g/mol. The molecule has 0 amide bonds. The van der Waals surface area contributed by atoms with Crippen LogP contribution in [-0.2, 0) is 0 Å². The summed E-state index contributed by atoms with van der Waals surface area (Å²) in [5, 5.41) is 8.57. The van der Waals surface area contributed by atoms with Crippen molar-refractivity contribution in [1.29, 1.82) is 0 Å². The largest absolute Gasteiger partial charge is 0.398 e. The first-order valence-electron chi connectivity index (χ1n) is 3.33. The molecule has 0 saturated heterocycles. The summed E-state index contributed by atoms with van der Waals surface area (Å²) >= 11 is 0. The van der Waals surface area contributed by atoms with Gasteiger partial charge in [0.1, 0.15) is 7.85 Å². The van der Waals surface area contributed by atoms with Gasteiger partial charge in [-0.05, 0) is 0 Å². The first kappa shape index (κ1) is 11.0. The van der Waals surface area contributed by atoms with Crippen LogP contribution in [0.3, 0.4) is 0 Å². The number of hydrogen-bond donors (Lipinski definition) is 1. The van der Waals surface area contributed by atoms with E-state index in [1.54, 1.807) is 0 Å². The van der Waals surface area contributed by atoms with Gasteiger partial charge in [0, 0.05) is 11.6 Å². The molecule has 1 aromatic carbocycles. The van der Waals surface area contributed by atoms with E-state index in [1.165, 1.54) is 0 Å². The van der Waals surface area contributed by atoms with E-state index >= 15 is 0 Å². The highest BCUT2D eigenvalue weighted by atomic mass is 19.2. The van der Waals surface area contributed by atoms with E-state index in [2.05, 4.69) is 7.85 Å². The van der Waals surface area contributed by atoms with Crippen molar-refractivity contribution in [2.24, 2.45) is 0 Å². The van der Waals surface area contributed by atoms with Crippen LogP contribution in [0, 0.1) is 29.1 Å². The van der Waals surface area contributed by atoms with Gasteiger partial charge in [0.15, 0.2) is 23.3 Å². The second-order valence-electron chi connectivity index (χ2n) is 2.43.